The van der Waals surface area contributed by atoms with E-state index >= 15 is 0 Å². The van der Waals surface area contributed by atoms with Crippen molar-refractivity contribution in [2.24, 2.45) is 5.92 Å². The molecule has 1 aromatic rings. The molecule has 6 nitrogen and oxygen atoms in total. The van der Waals surface area contributed by atoms with Crippen molar-refractivity contribution in [2.45, 2.75) is 50.7 Å². The van der Waals surface area contributed by atoms with Crippen LogP contribution in [0.3, 0.4) is 0 Å². The number of amides is 1. The van der Waals surface area contributed by atoms with E-state index in [0.29, 0.717) is 18.8 Å². The molecule has 0 N–H and O–H groups in total. The molecule has 3 aliphatic rings. The lowest BCUT2D eigenvalue weighted by atomic mass is 9.84. The number of anilines is 1. The average molecular weight is 453 g/mol. The van der Waals surface area contributed by atoms with Crippen LogP contribution in [0.5, 0.6) is 0 Å². The maximum absolute atomic E-state index is 13.1. The third kappa shape index (κ3) is 4.64. The summed E-state index contributed by atoms with van der Waals surface area (Å²) in [6, 6.07) is 0.223. The fourth-order valence-electron chi connectivity index (χ4n) is 5.35. The number of methoxy groups -OCH3 is 1. The van der Waals surface area contributed by atoms with Gasteiger partial charge in [-0.2, -0.15) is 13.2 Å². The molecule has 0 saturated heterocycles. The summed E-state index contributed by atoms with van der Waals surface area (Å²) in [6.45, 7) is 2.33. The second-order valence-electron chi connectivity index (χ2n) is 9.33. The number of pyridine rings is 1. The summed E-state index contributed by atoms with van der Waals surface area (Å²) < 4.78 is 43.3. The zero-order chi connectivity index (χ0) is 23.0. The molecule has 32 heavy (non-hydrogen) atoms. The molecule has 1 saturated carbocycles. The molecule has 1 aliphatic heterocycles. The van der Waals surface area contributed by atoms with Crippen molar-refractivity contribution in [1.29, 1.82) is 0 Å². The number of hydrogen-bond donors (Lipinski definition) is 0. The number of ether oxygens (including phenoxy) is 1. The van der Waals surface area contributed by atoms with Crippen molar-refractivity contribution in [3.63, 3.8) is 0 Å². The highest BCUT2D eigenvalue weighted by atomic mass is 19.4. The second-order valence-corrected chi connectivity index (χ2v) is 9.33. The van der Waals surface area contributed by atoms with Crippen LogP contribution in [0.15, 0.2) is 12.3 Å². The molecule has 0 spiro atoms. The minimum absolute atomic E-state index is 0.0798. The zero-order valence-corrected chi connectivity index (χ0v) is 18.9. The van der Waals surface area contributed by atoms with E-state index in [1.54, 1.807) is 25.3 Å². The fraction of sp³-hybridized carbons (Fsp3) is 0.652. The molecule has 2 aliphatic carbocycles. The molecule has 0 bridgehead atoms. The van der Waals surface area contributed by atoms with Crippen molar-refractivity contribution >= 4 is 17.7 Å². The molecule has 0 aromatic carbocycles. The highest BCUT2D eigenvalue weighted by molar-refractivity contribution is 6.03. The molecule has 2 heterocycles. The summed E-state index contributed by atoms with van der Waals surface area (Å²) in [7, 11) is 3.11. The molecule has 1 atom stereocenters. The number of hydrogen-bond acceptors (Lipinski definition) is 5. The van der Waals surface area contributed by atoms with E-state index in [-0.39, 0.29) is 30.5 Å². The van der Waals surface area contributed by atoms with Gasteiger partial charge in [0.2, 0.25) is 0 Å². The summed E-state index contributed by atoms with van der Waals surface area (Å²) in [4.78, 5) is 23.0. The van der Waals surface area contributed by atoms with Gasteiger partial charge < -0.3 is 9.64 Å². The number of fused-ring (bicyclic) bond motifs is 3. The maximum atomic E-state index is 13.1. The molecular formula is C23H31F3N4O2. The molecule has 1 fully saturated rings. The third-order valence-corrected chi connectivity index (χ3v) is 6.79. The lowest BCUT2D eigenvalue weighted by Crippen LogP contribution is -2.52. The van der Waals surface area contributed by atoms with Gasteiger partial charge in [0.25, 0.3) is 5.91 Å². The van der Waals surface area contributed by atoms with Gasteiger partial charge in [-0.25, -0.2) is 0 Å². The topological polar surface area (TPSA) is 48.9 Å². The van der Waals surface area contributed by atoms with Crippen LogP contribution in [-0.4, -0.2) is 73.6 Å². The van der Waals surface area contributed by atoms with E-state index in [1.165, 1.54) is 4.90 Å². The number of carbonyl (C=O) groups excluding carboxylic acids is 1. The number of carbonyl (C=O) groups is 1. The molecule has 176 valence electrons. The summed E-state index contributed by atoms with van der Waals surface area (Å²) in [5, 5.41) is 0. The predicted octanol–water partition coefficient (Wildman–Crippen LogP) is 4.09. The first-order chi connectivity index (χ1) is 15.2. The van der Waals surface area contributed by atoms with Crippen molar-refractivity contribution in [3.8, 4) is 0 Å². The Hall–Kier alpha value is -2.13. The Morgan fingerprint density at radius 3 is 2.62 bits per heavy atom. The molecule has 4 rings (SSSR count). The number of rotatable bonds is 6. The molecule has 0 radical (unpaired) electrons. The minimum Gasteiger partial charge on any atom is -0.364 e. The van der Waals surface area contributed by atoms with Crippen molar-refractivity contribution in [1.82, 2.24) is 14.8 Å². The fourth-order valence-corrected chi connectivity index (χ4v) is 5.35. The number of aromatic nitrogens is 1. The standard InChI is InChI=1S/C23H31F3N4O2/c1-15-4-9-18-20(15)27-10-19-21(18)30(13-29(14-32-3)22(19)31)17-7-5-16(6-8-17)11-28(2)12-23(24,25)26/h4,9-10,15-17H,5-8,11-14H2,1-3H3/t15-,16?,17?/m1/s1. The Balaban J connectivity index is 1.52. The van der Waals surface area contributed by atoms with Gasteiger partial charge >= 0.3 is 6.18 Å². The zero-order valence-electron chi connectivity index (χ0n) is 18.9. The maximum Gasteiger partial charge on any atom is 0.401 e. The monoisotopic (exact) mass is 452 g/mol. The van der Waals surface area contributed by atoms with Gasteiger partial charge in [0, 0.05) is 37.4 Å². The van der Waals surface area contributed by atoms with E-state index in [2.05, 4.69) is 29.0 Å². The van der Waals surface area contributed by atoms with Crippen molar-refractivity contribution < 1.29 is 22.7 Å². The Morgan fingerprint density at radius 1 is 1.25 bits per heavy atom. The van der Waals surface area contributed by atoms with E-state index < -0.39 is 12.7 Å². The number of halogens is 3. The average Bonchev–Trinajstić information content (AvgIpc) is 3.10. The minimum atomic E-state index is -4.17. The van der Waals surface area contributed by atoms with Crippen molar-refractivity contribution in [3.05, 3.63) is 29.1 Å². The van der Waals surface area contributed by atoms with E-state index in [1.807, 2.05) is 0 Å². The van der Waals surface area contributed by atoms with E-state index in [9.17, 15) is 18.0 Å². The summed E-state index contributed by atoms with van der Waals surface area (Å²) in [5.41, 5.74) is 3.56. The smallest absolute Gasteiger partial charge is 0.364 e. The molecule has 0 unspecified atom stereocenters. The lowest BCUT2D eigenvalue weighted by molar-refractivity contribution is -0.144. The van der Waals surface area contributed by atoms with Gasteiger partial charge in [-0.15, -0.1) is 0 Å². The molecular weight excluding hydrogens is 421 g/mol. The van der Waals surface area contributed by atoms with E-state index in [0.717, 1.165) is 42.6 Å². The highest BCUT2D eigenvalue weighted by Gasteiger charge is 2.38. The van der Waals surface area contributed by atoms with Crippen LogP contribution >= 0.6 is 0 Å². The largest absolute Gasteiger partial charge is 0.401 e. The molecule has 1 amide bonds. The second kappa shape index (κ2) is 9.02. The Morgan fingerprint density at radius 2 is 1.97 bits per heavy atom. The SMILES string of the molecule is COCN1CN(C2CCC(CN(C)CC(F)(F)F)CC2)c2c(cnc3c2C=C[C@H]3C)C1=O. The summed E-state index contributed by atoms with van der Waals surface area (Å²) in [6.07, 6.45) is 5.20. The number of alkyl halides is 3. The van der Waals surface area contributed by atoms with Crippen LogP contribution in [0.1, 0.15) is 60.1 Å². The number of allylic oxidation sites excluding steroid dienone is 1. The van der Waals surface area contributed by atoms with Gasteiger partial charge in [0.05, 0.1) is 30.2 Å². The third-order valence-electron chi connectivity index (χ3n) is 6.79. The van der Waals surface area contributed by atoms with Gasteiger partial charge in [0.1, 0.15) is 6.73 Å². The van der Waals surface area contributed by atoms with Gasteiger partial charge in [-0.3, -0.25) is 19.6 Å². The summed E-state index contributed by atoms with van der Waals surface area (Å²) in [5.74, 6) is 0.385. The lowest BCUT2D eigenvalue weighted by Gasteiger charge is -2.45. The van der Waals surface area contributed by atoms with Crippen LogP contribution in [0.2, 0.25) is 0 Å². The summed E-state index contributed by atoms with van der Waals surface area (Å²) >= 11 is 0. The van der Waals surface area contributed by atoms with Crippen LogP contribution < -0.4 is 4.90 Å². The first-order valence-corrected chi connectivity index (χ1v) is 11.2. The van der Waals surface area contributed by atoms with Gasteiger partial charge in [-0.05, 0) is 38.6 Å². The van der Waals surface area contributed by atoms with Crippen LogP contribution in [0.25, 0.3) is 6.08 Å². The van der Waals surface area contributed by atoms with Crippen LogP contribution in [-0.2, 0) is 4.74 Å². The van der Waals surface area contributed by atoms with E-state index in [4.69, 9.17) is 4.74 Å². The van der Waals surface area contributed by atoms with Gasteiger partial charge in [0.15, 0.2) is 0 Å². The van der Waals surface area contributed by atoms with Gasteiger partial charge in [-0.1, -0.05) is 19.1 Å². The van der Waals surface area contributed by atoms with Crippen molar-refractivity contribution in [2.75, 3.05) is 45.5 Å². The molecule has 9 heteroatoms. The first kappa shape index (κ1) is 23.0. The Bertz CT molecular complexity index is 881. The van der Waals surface area contributed by atoms with Crippen LogP contribution in [0, 0.1) is 5.92 Å². The first-order valence-electron chi connectivity index (χ1n) is 11.2. The normalized spacial score (nSPS) is 25.5. The molecule has 1 aromatic heterocycles. The number of nitrogens with zero attached hydrogens (tertiary/aromatic N) is 4. The highest BCUT2D eigenvalue weighted by Crippen LogP contribution is 2.42. The quantitative estimate of drug-likeness (QED) is 0.651. The van der Waals surface area contributed by atoms with Crippen LogP contribution in [0.4, 0.5) is 18.9 Å². The Labute approximate surface area is 187 Å². The predicted molar refractivity (Wildman–Crippen MR) is 116 cm³/mol. The Kier molecular flexibility index (Phi) is 6.49.